The molecule has 1 fully saturated rings. The molecule has 1 aromatic carbocycles. The lowest BCUT2D eigenvalue weighted by Gasteiger charge is -2.34. The van der Waals surface area contributed by atoms with Crippen LogP contribution in [-0.4, -0.2) is 61.4 Å². The number of hydrogen-bond acceptors (Lipinski definition) is 4. The summed E-state index contributed by atoms with van der Waals surface area (Å²) in [5.74, 6) is 0.623. The van der Waals surface area contributed by atoms with Gasteiger partial charge in [-0.25, -0.2) is 9.59 Å². The number of ether oxygens (including phenoxy) is 2. The third kappa shape index (κ3) is 4.92. The van der Waals surface area contributed by atoms with E-state index in [9.17, 15) is 9.59 Å². The quantitative estimate of drug-likeness (QED) is 0.855. The highest BCUT2D eigenvalue weighted by atomic mass is 35.5. The SMILES string of the molecule is COC(=O)N1CCN(C(=O)NC(C)Oc2ccc(Cl)cc2)CC1. The number of rotatable bonds is 3. The van der Waals surface area contributed by atoms with Crippen LogP contribution in [0, 0.1) is 0 Å². The predicted octanol–water partition coefficient (Wildman–Crippen LogP) is 2.16. The van der Waals surface area contributed by atoms with Gasteiger partial charge in [-0.05, 0) is 31.2 Å². The molecule has 0 saturated carbocycles. The Hall–Kier alpha value is -2.15. The molecule has 1 N–H and O–H groups in total. The van der Waals surface area contributed by atoms with Gasteiger partial charge in [0.05, 0.1) is 7.11 Å². The molecule has 0 bridgehead atoms. The molecule has 0 spiro atoms. The molecule has 2 rings (SSSR count). The molecule has 1 unspecified atom stereocenters. The molecular formula is C15H20ClN3O4. The number of piperazine rings is 1. The monoisotopic (exact) mass is 341 g/mol. The Bertz CT molecular complexity index is 544. The summed E-state index contributed by atoms with van der Waals surface area (Å²) in [5, 5.41) is 3.39. The van der Waals surface area contributed by atoms with Gasteiger partial charge in [0.15, 0.2) is 6.23 Å². The van der Waals surface area contributed by atoms with Gasteiger partial charge in [0, 0.05) is 31.2 Å². The molecule has 1 aromatic rings. The first kappa shape index (κ1) is 17.2. The summed E-state index contributed by atoms with van der Waals surface area (Å²) in [6, 6.07) is 6.69. The summed E-state index contributed by atoms with van der Waals surface area (Å²) >= 11 is 5.81. The standard InChI is InChI=1S/C15H20ClN3O4/c1-11(23-13-5-3-12(16)4-6-13)17-14(20)18-7-9-19(10-8-18)15(21)22-2/h3-6,11H,7-10H2,1-2H3,(H,17,20). The topological polar surface area (TPSA) is 71.1 Å². The van der Waals surface area contributed by atoms with E-state index in [4.69, 9.17) is 16.3 Å². The van der Waals surface area contributed by atoms with Crippen LogP contribution in [0.25, 0.3) is 0 Å². The predicted molar refractivity (Wildman–Crippen MR) is 85.6 cm³/mol. The van der Waals surface area contributed by atoms with E-state index in [0.717, 1.165) is 0 Å². The van der Waals surface area contributed by atoms with Crippen molar-refractivity contribution in [3.05, 3.63) is 29.3 Å². The highest BCUT2D eigenvalue weighted by molar-refractivity contribution is 6.30. The maximum absolute atomic E-state index is 12.2. The van der Waals surface area contributed by atoms with Crippen LogP contribution >= 0.6 is 11.6 Å². The minimum atomic E-state index is -0.484. The van der Waals surface area contributed by atoms with Crippen LogP contribution < -0.4 is 10.1 Å². The van der Waals surface area contributed by atoms with Crippen LogP contribution in [0.15, 0.2) is 24.3 Å². The van der Waals surface area contributed by atoms with Crippen molar-refractivity contribution >= 4 is 23.7 Å². The molecule has 23 heavy (non-hydrogen) atoms. The fourth-order valence-corrected chi connectivity index (χ4v) is 2.36. The van der Waals surface area contributed by atoms with E-state index in [0.29, 0.717) is 37.0 Å². The second-order valence-corrected chi connectivity index (χ2v) is 5.54. The molecule has 7 nitrogen and oxygen atoms in total. The average molecular weight is 342 g/mol. The summed E-state index contributed by atoms with van der Waals surface area (Å²) in [6.45, 7) is 3.55. The van der Waals surface area contributed by atoms with Crippen molar-refractivity contribution in [3.8, 4) is 5.75 Å². The van der Waals surface area contributed by atoms with Crippen molar-refractivity contribution in [1.29, 1.82) is 0 Å². The van der Waals surface area contributed by atoms with Crippen LogP contribution in [-0.2, 0) is 4.74 Å². The first-order valence-electron chi connectivity index (χ1n) is 7.30. The number of halogens is 1. The van der Waals surface area contributed by atoms with Crippen molar-refractivity contribution in [2.45, 2.75) is 13.2 Å². The second kappa shape index (κ2) is 7.92. The van der Waals surface area contributed by atoms with Crippen LogP contribution in [0.2, 0.25) is 5.02 Å². The lowest BCUT2D eigenvalue weighted by atomic mass is 10.3. The van der Waals surface area contributed by atoms with Gasteiger partial charge in [0.2, 0.25) is 0 Å². The number of amides is 3. The van der Waals surface area contributed by atoms with E-state index in [1.165, 1.54) is 7.11 Å². The first-order valence-corrected chi connectivity index (χ1v) is 7.68. The number of carbonyl (C=O) groups is 2. The zero-order chi connectivity index (χ0) is 16.8. The molecule has 1 aliphatic heterocycles. The smallest absolute Gasteiger partial charge is 0.409 e. The number of nitrogens with one attached hydrogen (secondary N) is 1. The molecule has 0 aliphatic carbocycles. The Balaban J connectivity index is 1.78. The number of urea groups is 1. The van der Waals surface area contributed by atoms with Crippen LogP contribution in [0.4, 0.5) is 9.59 Å². The molecule has 8 heteroatoms. The molecule has 1 heterocycles. The normalized spacial score (nSPS) is 15.8. The Morgan fingerprint density at radius 1 is 1.13 bits per heavy atom. The molecule has 1 saturated heterocycles. The van der Waals surface area contributed by atoms with Gasteiger partial charge in [0.25, 0.3) is 0 Å². The second-order valence-electron chi connectivity index (χ2n) is 5.11. The van der Waals surface area contributed by atoms with E-state index >= 15 is 0 Å². The van der Waals surface area contributed by atoms with Crippen molar-refractivity contribution < 1.29 is 19.1 Å². The number of benzene rings is 1. The van der Waals surface area contributed by atoms with E-state index in [2.05, 4.69) is 10.1 Å². The molecule has 1 aliphatic rings. The zero-order valence-electron chi connectivity index (χ0n) is 13.1. The summed E-state index contributed by atoms with van der Waals surface area (Å²) < 4.78 is 10.3. The highest BCUT2D eigenvalue weighted by Crippen LogP contribution is 2.16. The summed E-state index contributed by atoms with van der Waals surface area (Å²) in [5.41, 5.74) is 0. The van der Waals surface area contributed by atoms with E-state index in [1.54, 1.807) is 41.0 Å². The number of hydrogen-bond donors (Lipinski definition) is 1. The van der Waals surface area contributed by atoms with Gasteiger partial charge in [-0.2, -0.15) is 0 Å². The minimum Gasteiger partial charge on any atom is -0.471 e. The average Bonchev–Trinajstić information content (AvgIpc) is 2.56. The molecular weight excluding hydrogens is 322 g/mol. The Labute approximate surface area is 140 Å². The van der Waals surface area contributed by atoms with Gasteiger partial charge in [-0.15, -0.1) is 0 Å². The lowest BCUT2D eigenvalue weighted by Crippen LogP contribution is -2.54. The van der Waals surface area contributed by atoms with Gasteiger partial charge < -0.3 is 24.6 Å². The van der Waals surface area contributed by atoms with E-state index < -0.39 is 6.23 Å². The highest BCUT2D eigenvalue weighted by Gasteiger charge is 2.25. The molecule has 0 aromatic heterocycles. The molecule has 1 atom stereocenters. The van der Waals surface area contributed by atoms with Crippen molar-refractivity contribution in [2.75, 3.05) is 33.3 Å². The largest absolute Gasteiger partial charge is 0.471 e. The van der Waals surface area contributed by atoms with Gasteiger partial charge in [0.1, 0.15) is 5.75 Å². The molecule has 0 radical (unpaired) electrons. The fraction of sp³-hybridized carbons (Fsp3) is 0.467. The summed E-state index contributed by atoms with van der Waals surface area (Å²) in [4.78, 5) is 26.8. The van der Waals surface area contributed by atoms with E-state index in [1.807, 2.05) is 0 Å². The maximum atomic E-state index is 12.2. The fourth-order valence-electron chi connectivity index (χ4n) is 2.23. The Morgan fingerprint density at radius 3 is 2.26 bits per heavy atom. The molecule has 126 valence electrons. The van der Waals surface area contributed by atoms with Crippen molar-refractivity contribution in [1.82, 2.24) is 15.1 Å². The maximum Gasteiger partial charge on any atom is 0.409 e. The lowest BCUT2D eigenvalue weighted by molar-refractivity contribution is 0.0926. The van der Waals surface area contributed by atoms with Crippen LogP contribution in [0.5, 0.6) is 5.75 Å². The van der Waals surface area contributed by atoms with Gasteiger partial charge >= 0.3 is 12.1 Å². The third-order valence-electron chi connectivity index (χ3n) is 3.45. The zero-order valence-corrected chi connectivity index (χ0v) is 13.9. The van der Waals surface area contributed by atoms with Crippen molar-refractivity contribution in [3.63, 3.8) is 0 Å². The number of nitrogens with zero attached hydrogens (tertiary/aromatic N) is 2. The first-order chi connectivity index (χ1) is 11.0. The third-order valence-corrected chi connectivity index (χ3v) is 3.70. The molecule has 3 amide bonds. The summed E-state index contributed by atoms with van der Waals surface area (Å²) in [7, 11) is 1.34. The minimum absolute atomic E-state index is 0.226. The van der Waals surface area contributed by atoms with E-state index in [-0.39, 0.29) is 12.1 Å². The number of carbonyl (C=O) groups excluding carboxylic acids is 2. The number of methoxy groups -OCH3 is 1. The summed E-state index contributed by atoms with van der Waals surface area (Å²) in [6.07, 6.45) is -0.855. The van der Waals surface area contributed by atoms with Crippen LogP contribution in [0.1, 0.15) is 6.92 Å². The van der Waals surface area contributed by atoms with Crippen molar-refractivity contribution in [2.24, 2.45) is 0 Å². The Morgan fingerprint density at radius 2 is 1.70 bits per heavy atom. The van der Waals surface area contributed by atoms with Crippen LogP contribution in [0.3, 0.4) is 0 Å². The van der Waals surface area contributed by atoms with Gasteiger partial charge in [-0.3, -0.25) is 0 Å². The Kier molecular flexibility index (Phi) is 5.92. The van der Waals surface area contributed by atoms with Gasteiger partial charge in [-0.1, -0.05) is 11.6 Å².